The van der Waals surface area contributed by atoms with Gasteiger partial charge in [0.25, 0.3) is 11.5 Å². The lowest BCUT2D eigenvalue weighted by Gasteiger charge is -2.39. The quantitative estimate of drug-likeness (QED) is 0.408. The van der Waals surface area contributed by atoms with Crippen molar-refractivity contribution >= 4 is 52.1 Å². The molecule has 188 valence electrons. The van der Waals surface area contributed by atoms with E-state index in [2.05, 4.69) is 31.7 Å². The van der Waals surface area contributed by atoms with Crippen molar-refractivity contribution in [3.63, 3.8) is 0 Å². The number of carboxylic acids is 1. The largest absolute Gasteiger partial charge is 0.481 e. The third-order valence-corrected chi connectivity index (χ3v) is 7.83. The second-order valence-electron chi connectivity index (χ2n) is 9.49. The van der Waals surface area contributed by atoms with Crippen LogP contribution in [0.15, 0.2) is 9.70 Å². The molecule has 3 rings (SSSR count). The van der Waals surface area contributed by atoms with E-state index >= 15 is 0 Å². The zero-order chi connectivity index (χ0) is 25.9. The molecule has 35 heavy (non-hydrogen) atoms. The average molecular weight is 517 g/mol. The van der Waals surface area contributed by atoms with Crippen LogP contribution in [0.1, 0.15) is 63.1 Å². The second kappa shape index (κ2) is 11.4. The van der Waals surface area contributed by atoms with E-state index < -0.39 is 5.97 Å². The maximum absolute atomic E-state index is 13.4. The molecule has 2 unspecified atom stereocenters. The van der Waals surface area contributed by atoms with Crippen molar-refractivity contribution in [1.29, 1.82) is 5.26 Å². The van der Waals surface area contributed by atoms with Gasteiger partial charge >= 0.3 is 5.97 Å². The third kappa shape index (κ3) is 5.78. The number of thioether (sulfide) groups is 1. The van der Waals surface area contributed by atoms with Gasteiger partial charge < -0.3 is 10.0 Å². The summed E-state index contributed by atoms with van der Waals surface area (Å²) < 4.78 is 2.01. The van der Waals surface area contributed by atoms with Crippen molar-refractivity contribution < 1.29 is 14.7 Å². The van der Waals surface area contributed by atoms with Crippen LogP contribution < -0.4 is 10.5 Å². The summed E-state index contributed by atoms with van der Waals surface area (Å²) in [7, 11) is 0. The maximum Gasteiger partial charge on any atom is 0.305 e. The lowest BCUT2D eigenvalue weighted by molar-refractivity contribution is -0.137. The van der Waals surface area contributed by atoms with Crippen LogP contribution >= 0.6 is 24.0 Å². The predicted molar refractivity (Wildman–Crippen MR) is 142 cm³/mol. The molecule has 8 nitrogen and oxygen atoms in total. The summed E-state index contributed by atoms with van der Waals surface area (Å²) in [5.41, 5.74) is 1.00. The number of thiocarbonyl (C=S) groups is 1. The van der Waals surface area contributed by atoms with Gasteiger partial charge in [0, 0.05) is 31.7 Å². The summed E-state index contributed by atoms with van der Waals surface area (Å²) in [6, 6.07) is 2.08. The van der Waals surface area contributed by atoms with Crippen molar-refractivity contribution in [2.75, 3.05) is 24.5 Å². The van der Waals surface area contributed by atoms with Crippen LogP contribution in [0.3, 0.4) is 0 Å². The number of amides is 1. The first kappa shape index (κ1) is 27.0. The number of carboxylic acid groups (broad SMARTS) is 1. The van der Waals surface area contributed by atoms with E-state index in [1.165, 1.54) is 4.90 Å². The number of piperidine rings is 1. The second-order valence-corrected chi connectivity index (χ2v) is 11.2. The smallest absolute Gasteiger partial charge is 0.305 e. The summed E-state index contributed by atoms with van der Waals surface area (Å²) >= 11 is 6.48. The Morgan fingerprint density at radius 2 is 1.91 bits per heavy atom. The van der Waals surface area contributed by atoms with Gasteiger partial charge in [-0.3, -0.25) is 23.9 Å². The van der Waals surface area contributed by atoms with Gasteiger partial charge in [0.1, 0.15) is 21.8 Å². The molecule has 0 saturated carbocycles. The zero-order valence-electron chi connectivity index (χ0n) is 20.7. The molecule has 2 atom stereocenters. The highest BCUT2D eigenvalue weighted by molar-refractivity contribution is 8.26. The van der Waals surface area contributed by atoms with E-state index in [-0.39, 0.29) is 30.0 Å². The third-order valence-electron chi connectivity index (χ3n) is 6.45. The zero-order valence-corrected chi connectivity index (χ0v) is 22.3. The molecule has 1 aromatic rings. The number of anilines is 1. The molecule has 1 N–H and O–H groups in total. The molecule has 10 heteroatoms. The number of nitrogens with zero attached hydrogens (tertiary/aromatic N) is 4. The molecule has 0 spiro atoms. The molecule has 0 radical (unpaired) electrons. The normalized spacial score (nSPS) is 21.6. The molecular formula is C25H32N4O4S2. The first-order chi connectivity index (χ1) is 16.6. The fraction of sp³-hybridized carbons (Fsp3) is 0.560. The molecule has 0 aliphatic carbocycles. The molecule has 2 aliphatic heterocycles. The van der Waals surface area contributed by atoms with Gasteiger partial charge in [0.05, 0.1) is 11.3 Å². The lowest BCUT2D eigenvalue weighted by atomic mass is 9.91. The minimum Gasteiger partial charge on any atom is -0.481 e. The minimum absolute atomic E-state index is 0.00375. The Balaban J connectivity index is 2.20. The summed E-state index contributed by atoms with van der Waals surface area (Å²) in [5, 5.41) is 18.8. The number of rotatable bonds is 8. The van der Waals surface area contributed by atoms with E-state index in [0.717, 1.165) is 49.9 Å². The van der Waals surface area contributed by atoms with Crippen molar-refractivity contribution in [3.05, 3.63) is 31.9 Å². The van der Waals surface area contributed by atoms with Crippen LogP contribution in [0.25, 0.3) is 6.08 Å². The van der Waals surface area contributed by atoms with Crippen molar-refractivity contribution in [3.8, 4) is 6.07 Å². The molecule has 1 aromatic heterocycles. The van der Waals surface area contributed by atoms with Gasteiger partial charge in [0.15, 0.2) is 0 Å². The SMILES string of the molecule is CCCCn1c(N2CC(C)CC(C)C2)c(/C=C2/SC(=S)N(CCC(=O)O)C2=O)c(C)c(C#N)c1=O. The van der Waals surface area contributed by atoms with Crippen LogP contribution in [0.2, 0.25) is 0 Å². The first-order valence-electron chi connectivity index (χ1n) is 12.0. The molecule has 0 bridgehead atoms. The van der Waals surface area contributed by atoms with Crippen LogP contribution in [0.5, 0.6) is 0 Å². The monoisotopic (exact) mass is 516 g/mol. The molecule has 2 fully saturated rings. The summed E-state index contributed by atoms with van der Waals surface area (Å²) in [5.74, 6) is 0.264. The summed E-state index contributed by atoms with van der Waals surface area (Å²) in [6.45, 7) is 10.2. The Hall–Kier alpha value is -2.64. The van der Waals surface area contributed by atoms with Crippen LogP contribution in [0, 0.1) is 30.1 Å². The summed E-state index contributed by atoms with van der Waals surface area (Å²) in [4.78, 5) is 41.4. The van der Waals surface area contributed by atoms with E-state index in [9.17, 15) is 19.6 Å². The standard InChI is InChI=1S/C25H32N4O4S2/c1-5-6-8-28-22(27-13-15(2)10-16(3)14-27)18(17(4)19(12-26)23(28)32)11-20-24(33)29(25(34)35-20)9-7-21(30)31/h11,15-16H,5-10,13-14H2,1-4H3,(H,30,31)/b20-11+. The molecule has 0 aromatic carbocycles. The van der Waals surface area contributed by atoms with Gasteiger partial charge in [-0.1, -0.05) is 51.2 Å². The number of unbranched alkanes of at least 4 members (excludes halogenated alkanes) is 1. The molecule has 3 heterocycles. The lowest BCUT2D eigenvalue weighted by Crippen LogP contribution is -2.43. The van der Waals surface area contributed by atoms with Crippen LogP contribution in [0.4, 0.5) is 5.82 Å². The van der Waals surface area contributed by atoms with E-state index in [1.54, 1.807) is 17.6 Å². The van der Waals surface area contributed by atoms with Crippen molar-refractivity contribution in [2.24, 2.45) is 11.8 Å². The van der Waals surface area contributed by atoms with Gasteiger partial charge in [-0.15, -0.1) is 0 Å². The number of hydrogen-bond acceptors (Lipinski definition) is 7. The molecular weight excluding hydrogens is 484 g/mol. The minimum atomic E-state index is -1.00. The van der Waals surface area contributed by atoms with Crippen molar-refractivity contribution in [1.82, 2.24) is 9.47 Å². The Morgan fingerprint density at radius 3 is 2.49 bits per heavy atom. The topological polar surface area (TPSA) is 107 Å². The van der Waals surface area contributed by atoms with Gasteiger partial charge in [0.2, 0.25) is 0 Å². The van der Waals surface area contributed by atoms with Crippen molar-refractivity contribution in [2.45, 2.75) is 59.9 Å². The van der Waals surface area contributed by atoms with E-state index in [0.29, 0.717) is 38.7 Å². The number of pyridine rings is 1. The number of hydrogen-bond donors (Lipinski definition) is 1. The maximum atomic E-state index is 13.4. The number of carbonyl (C=O) groups is 2. The highest BCUT2D eigenvalue weighted by atomic mass is 32.2. The summed E-state index contributed by atoms with van der Waals surface area (Å²) in [6.07, 6.45) is 4.32. The molecule has 1 amide bonds. The molecule has 2 saturated heterocycles. The highest BCUT2D eigenvalue weighted by Crippen LogP contribution is 2.37. The Morgan fingerprint density at radius 1 is 1.26 bits per heavy atom. The average Bonchev–Trinajstić information content (AvgIpc) is 3.05. The van der Waals surface area contributed by atoms with Gasteiger partial charge in [-0.25, -0.2) is 0 Å². The van der Waals surface area contributed by atoms with Crippen LogP contribution in [-0.2, 0) is 16.1 Å². The van der Waals surface area contributed by atoms with Crippen LogP contribution in [-0.4, -0.2) is 50.4 Å². The van der Waals surface area contributed by atoms with E-state index in [1.807, 2.05) is 0 Å². The van der Waals surface area contributed by atoms with Gasteiger partial charge in [-0.2, -0.15) is 5.26 Å². The number of aliphatic carboxylic acids is 1. The predicted octanol–water partition coefficient (Wildman–Crippen LogP) is 3.99. The number of nitriles is 1. The fourth-order valence-corrected chi connectivity index (χ4v) is 6.17. The van der Waals surface area contributed by atoms with E-state index in [4.69, 9.17) is 17.3 Å². The fourth-order valence-electron chi connectivity index (χ4n) is 4.88. The Labute approximate surface area is 215 Å². The Kier molecular flexibility index (Phi) is 8.78. The first-order valence-corrected chi connectivity index (χ1v) is 13.2. The van der Waals surface area contributed by atoms with Gasteiger partial charge in [-0.05, 0) is 43.2 Å². The highest BCUT2D eigenvalue weighted by Gasteiger charge is 2.34. The number of aromatic nitrogens is 1. The Bertz CT molecular complexity index is 1160. The molecule has 2 aliphatic rings. The number of carbonyl (C=O) groups excluding carboxylic acids is 1.